The molecule has 0 saturated carbocycles. The number of hydrogen-bond acceptors (Lipinski definition) is 3. The van der Waals surface area contributed by atoms with Gasteiger partial charge in [0, 0.05) is 12.6 Å². The molecule has 1 heterocycles. The van der Waals surface area contributed by atoms with Crippen LogP contribution in [-0.4, -0.2) is 27.4 Å². The molecule has 5 nitrogen and oxygen atoms in total. The van der Waals surface area contributed by atoms with Gasteiger partial charge in [-0.05, 0) is 75.1 Å². The van der Waals surface area contributed by atoms with Crippen LogP contribution in [0.4, 0.5) is 0 Å². The second-order valence-electron chi connectivity index (χ2n) is 9.31. The van der Waals surface area contributed by atoms with Gasteiger partial charge < -0.3 is 4.90 Å². The lowest BCUT2D eigenvalue weighted by molar-refractivity contribution is 0.0735. The quantitative estimate of drug-likeness (QED) is 0.326. The van der Waals surface area contributed by atoms with Gasteiger partial charge in [0.05, 0.1) is 22.6 Å². The van der Waals surface area contributed by atoms with E-state index >= 15 is 0 Å². The molecule has 0 aliphatic heterocycles. The van der Waals surface area contributed by atoms with E-state index in [9.17, 15) is 9.59 Å². The maximum absolute atomic E-state index is 13.7. The van der Waals surface area contributed by atoms with Crippen molar-refractivity contribution in [2.45, 2.75) is 53.0 Å². The van der Waals surface area contributed by atoms with Crippen molar-refractivity contribution in [2.24, 2.45) is 0 Å². The lowest BCUT2D eigenvalue weighted by Gasteiger charge is -2.27. The highest BCUT2D eigenvalue weighted by molar-refractivity contribution is 5.94. The van der Waals surface area contributed by atoms with E-state index in [1.165, 1.54) is 5.56 Å². The van der Waals surface area contributed by atoms with E-state index in [0.717, 1.165) is 36.1 Å². The van der Waals surface area contributed by atoms with Crippen LogP contribution in [-0.2, 0) is 6.42 Å². The molecule has 0 saturated heterocycles. The Bertz CT molecular complexity index is 1420. The maximum Gasteiger partial charge on any atom is 0.266 e. The largest absolute Gasteiger partial charge is 0.332 e. The lowest BCUT2D eigenvalue weighted by atomic mass is 10.1. The number of fused-ring (bicyclic) bond motifs is 1. The van der Waals surface area contributed by atoms with Crippen molar-refractivity contribution in [3.63, 3.8) is 0 Å². The normalized spacial score (nSPS) is 12.0. The first-order valence-electron chi connectivity index (χ1n) is 12.3. The number of amides is 1. The summed E-state index contributed by atoms with van der Waals surface area (Å²) in [5, 5.41) is 0.556. The molecule has 1 unspecified atom stereocenters. The third-order valence-corrected chi connectivity index (χ3v) is 6.69. The van der Waals surface area contributed by atoms with Crippen molar-refractivity contribution >= 4 is 16.8 Å². The average molecular weight is 468 g/mol. The zero-order chi connectivity index (χ0) is 25.1. The van der Waals surface area contributed by atoms with Gasteiger partial charge >= 0.3 is 0 Å². The van der Waals surface area contributed by atoms with Gasteiger partial charge in [0.1, 0.15) is 5.82 Å². The fourth-order valence-corrected chi connectivity index (χ4v) is 4.47. The topological polar surface area (TPSA) is 55.2 Å². The number of rotatable bonds is 7. The molecule has 4 rings (SSSR count). The summed E-state index contributed by atoms with van der Waals surface area (Å²) in [5.74, 6) is 0.435. The lowest BCUT2D eigenvalue weighted by Crippen LogP contribution is -2.35. The summed E-state index contributed by atoms with van der Waals surface area (Å²) in [5.41, 5.74) is 5.24. The van der Waals surface area contributed by atoms with Crippen molar-refractivity contribution in [1.82, 2.24) is 14.5 Å². The predicted molar refractivity (Wildman–Crippen MR) is 142 cm³/mol. The number of unbranched alkanes of at least 4 members (excludes halogenated alkanes) is 1. The van der Waals surface area contributed by atoms with Gasteiger partial charge in [-0.25, -0.2) is 4.98 Å². The highest BCUT2D eigenvalue weighted by Gasteiger charge is 2.25. The summed E-state index contributed by atoms with van der Waals surface area (Å²) < 4.78 is 1.67. The Morgan fingerprint density at radius 1 is 1.03 bits per heavy atom. The number of carbonyl (C=O) groups is 1. The van der Waals surface area contributed by atoms with Crippen LogP contribution in [0.25, 0.3) is 16.6 Å². The van der Waals surface area contributed by atoms with E-state index < -0.39 is 6.04 Å². The molecule has 0 aliphatic rings. The van der Waals surface area contributed by atoms with Crippen LogP contribution in [0.5, 0.6) is 0 Å². The van der Waals surface area contributed by atoms with Crippen LogP contribution < -0.4 is 5.56 Å². The highest BCUT2D eigenvalue weighted by Crippen LogP contribution is 2.25. The first-order chi connectivity index (χ1) is 16.8. The number of nitrogens with zero attached hydrogens (tertiary/aromatic N) is 3. The minimum atomic E-state index is -0.430. The van der Waals surface area contributed by atoms with Crippen molar-refractivity contribution in [1.29, 1.82) is 0 Å². The van der Waals surface area contributed by atoms with Crippen molar-refractivity contribution < 1.29 is 4.79 Å². The second kappa shape index (κ2) is 10.3. The average Bonchev–Trinajstić information content (AvgIpc) is 2.87. The molecule has 5 heteroatoms. The van der Waals surface area contributed by atoms with E-state index in [4.69, 9.17) is 4.98 Å². The molecule has 0 spiro atoms. The van der Waals surface area contributed by atoms with E-state index in [2.05, 4.69) is 13.0 Å². The summed E-state index contributed by atoms with van der Waals surface area (Å²) in [6, 6.07) is 20.8. The van der Waals surface area contributed by atoms with Crippen LogP contribution in [0, 0.1) is 13.8 Å². The predicted octanol–water partition coefficient (Wildman–Crippen LogP) is 6.18. The Labute approximate surface area is 207 Å². The molecule has 3 aromatic carbocycles. The molecule has 0 radical (unpaired) electrons. The van der Waals surface area contributed by atoms with E-state index in [-0.39, 0.29) is 11.5 Å². The first kappa shape index (κ1) is 24.4. The molecule has 0 aliphatic carbocycles. The molecule has 180 valence electrons. The zero-order valence-corrected chi connectivity index (χ0v) is 21.2. The molecular weight excluding hydrogens is 434 g/mol. The smallest absolute Gasteiger partial charge is 0.266 e. The Kier molecular flexibility index (Phi) is 7.15. The minimum absolute atomic E-state index is 0.103. The summed E-state index contributed by atoms with van der Waals surface area (Å²) >= 11 is 0. The molecular formula is C30H33N3O2. The molecule has 1 atom stereocenters. The molecule has 4 aromatic rings. The first-order valence-corrected chi connectivity index (χ1v) is 12.3. The van der Waals surface area contributed by atoms with E-state index in [1.54, 1.807) is 22.6 Å². The fraction of sp³-hybridized carbons (Fsp3) is 0.300. The van der Waals surface area contributed by atoms with Crippen LogP contribution in [0.1, 0.15) is 65.6 Å². The molecule has 1 amide bonds. The van der Waals surface area contributed by atoms with E-state index in [1.807, 2.05) is 75.4 Å². The van der Waals surface area contributed by atoms with Gasteiger partial charge in [-0.3, -0.25) is 14.2 Å². The third-order valence-electron chi connectivity index (χ3n) is 6.69. The van der Waals surface area contributed by atoms with Gasteiger partial charge in [-0.15, -0.1) is 0 Å². The molecule has 35 heavy (non-hydrogen) atoms. The minimum Gasteiger partial charge on any atom is -0.332 e. The summed E-state index contributed by atoms with van der Waals surface area (Å²) in [6.45, 7) is 8.12. The van der Waals surface area contributed by atoms with Gasteiger partial charge in [-0.2, -0.15) is 0 Å². The standard InChI is InChI=1S/C30H33N3O2/c1-6-7-10-23-14-16-24(17-15-23)29(34)32(5)22(4)28-31-26-12-9-8-11-25(26)30(35)33(28)27-18-13-20(2)19-21(27)3/h8-9,11-19,22H,6-7,10H2,1-5H3. The zero-order valence-electron chi connectivity index (χ0n) is 21.2. The van der Waals surface area contributed by atoms with Gasteiger partial charge in [0.25, 0.3) is 11.5 Å². The Morgan fingerprint density at radius 3 is 2.43 bits per heavy atom. The molecule has 0 fully saturated rings. The van der Waals surface area contributed by atoms with Crippen molar-refractivity contribution in [3.8, 4) is 5.69 Å². The van der Waals surface area contributed by atoms with Crippen LogP contribution >= 0.6 is 0 Å². The summed E-state index contributed by atoms with van der Waals surface area (Å²) in [4.78, 5) is 33.7. The summed E-state index contributed by atoms with van der Waals surface area (Å²) in [7, 11) is 1.77. The fourth-order valence-electron chi connectivity index (χ4n) is 4.47. The van der Waals surface area contributed by atoms with Gasteiger partial charge in [0.2, 0.25) is 0 Å². The number of aryl methyl sites for hydroxylation is 3. The number of benzene rings is 3. The Hall–Kier alpha value is -3.73. The number of carbonyl (C=O) groups excluding carboxylic acids is 1. The third kappa shape index (κ3) is 4.90. The Morgan fingerprint density at radius 2 is 1.74 bits per heavy atom. The van der Waals surface area contributed by atoms with Crippen molar-refractivity contribution in [2.75, 3.05) is 7.05 Å². The monoisotopic (exact) mass is 467 g/mol. The SMILES string of the molecule is CCCCc1ccc(C(=O)N(C)C(C)c2nc3ccccc3c(=O)n2-c2ccc(C)cc2C)cc1. The van der Waals surface area contributed by atoms with Gasteiger partial charge in [-0.1, -0.05) is 55.3 Å². The number of aromatic nitrogens is 2. The van der Waals surface area contributed by atoms with Crippen LogP contribution in [0.15, 0.2) is 71.5 Å². The highest BCUT2D eigenvalue weighted by atomic mass is 16.2. The van der Waals surface area contributed by atoms with Crippen LogP contribution in [0.2, 0.25) is 0 Å². The van der Waals surface area contributed by atoms with Crippen molar-refractivity contribution in [3.05, 3.63) is 105 Å². The van der Waals surface area contributed by atoms with Crippen LogP contribution in [0.3, 0.4) is 0 Å². The molecule has 0 N–H and O–H groups in total. The summed E-state index contributed by atoms with van der Waals surface area (Å²) in [6.07, 6.45) is 3.29. The number of para-hydroxylation sites is 1. The maximum atomic E-state index is 13.7. The van der Waals surface area contributed by atoms with Gasteiger partial charge in [0.15, 0.2) is 0 Å². The van der Waals surface area contributed by atoms with E-state index in [0.29, 0.717) is 22.3 Å². The second-order valence-corrected chi connectivity index (χ2v) is 9.31. The Balaban J connectivity index is 1.78. The molecule has 1 aromatic heterocycles. The number of hydrogen-bond donors (Lipinski definition) is 0. The molecule has 0 bridgehead atoms.